The number of hydrogen-bond acceptors (Lipinski definition) is 3. The highest BCUT2D eigenvalue weighted by Gasteiger charge is 2.36. The van der Waals surface area contributed by atoms with E-state index in [-0.39, 0.29) is 11.4 Å². The van der Waals surface area contributed by atoms with Gasteiger partial charge in [-0.2, -0.15) is 8.78 Å². The van der Waals surface area contributed by atoms with Crippen molar-refractivity contribution in [3.63, 3.8) is 0 Å². The zero-order valence-corrected chi connectivity index (χ0v) is 9.05. The van der Waals surface area contributed by atoms with Crippen LogP contribution in [0.3, 0.4) is 0 Å². The molecule has 1 aliphatic rings. The van der Waals surface area contributed by atoms with Crippen molar-refractivity contribution in [1.82, 2.24) is 0 Å². The lowest BCUT2D eigenvalue weighted by atomic mass is 10.2. The van der Waals surface area contributed by atoms with Crippen LogP contribution in [0.4, 0.5) is 14.5 Å². The minimum absolute atomic E-state index is 0.102. The quantitative estimate of drug-likeness (QED) is 0.862. The monoisotopic (exact) mass is 257 g/mol. The Labute approximate surface area is 101 Å². The number of fused-ring (bicyclic) bond motifs is 1. The van der Waals surface area contributed by atoms with E-state index in [1.54, 1.807) is 12.1 Å². The van der Waals surface area contributed by atoms with Crippen molar-refractivity contribution < 1.29 is 28.2 Å². The molecule has 7 heteroatoms. The predicted molar refractivity (Wildman–Crippen MR) is 56.9 cm³/mol. The lowest BCUT2D eigenvalue weighted by molar-refractivity contribution is -0.145. The fourth-order valence-corrected chi connectivity index (χ4v) is 1.69. The molecule has 1 heterocycles. The highest BCUT2D eigenvalue weighted by Crippen LogP contribution is 2.33. The van der Waals surface area contributed by atoms with Crippen LogP contribution in [0.15, 0.2) is 24.3 Å². The standard InChI is InChI=1S/C11H9F2NO4/c12-9(13)10(15)14-5-8(11(16)17)18-7-4-2-1-3-6(7)14/h1-4,8-9H,5H2,(H,16,17). The maximum absolute atomic E-state index is 12.5. The first-order valence-electron chi connectivity index (χ1n) is 5.08. The number of alkyl halides is 2. The average molecular weight is 257 g/mol. The Bertz CT molecular complexity index is 492. The van der Waals surface area contributed by atoms with Gasteiger partial charge < -0.3 is 9.84 Å². The van der Waals surface area contributed by atoms with Gasteiger partial charge in [-0.05, 0) is 12.1 Å². The zero-order chi connectivity index (χ0) is 13.3. The number of anilines is 1. The molecule has 1 aromatic carbocycles. The third-order valence-electron chi connectivity index (χ3n) is 2.50. The second kappa shape index (κ2) is 4.59. The predicted octanol–water partition coefficient (Wildman–Crippen LogP) is 1.13. The van der Waals surface area contributed by atoms with Crippen molar-refractivity contribution >= 4 is 17.6 Å². The van der Waals surface area contributed by atoms with E-state index in [9.17, 15) is 18.4 Å². The van der Waals surface area contributed by atoms with Crippen molar-refractivity contribution in [3.05, 3.63) is 24.3 Å². The van der Waals surface area contributed by atoms with Gasteiger partial charge in [-0.1, -0.05) is 12.1 Å². The number of halogens is 2. The summed E-state index contributed by atoms with van der Waals surface area (Å²) in [5, 5.41) is 8.85. The molecule has 0 aromatic heterocycles. The summed E-state index contributed by atoms with van der Waals surface area (Å²) in [6.45, 7) is -0.435. The van der Waals surface area contributed by atoms with E-state index in [1.165, 1.54) is 12.1 Å². The number of carbonyl (C=O) groups excluding carboxylic acids is 1. The van der Waals surface area contributed by atoms with E-state index in [2.05, 4.69) is 0 Å². The summed E-state index contributed by atoms with van der Waals surface area (Å²) in [5.41, 5.74) is 0.153. The summed E-state index contributed by atoms with van der Waals surface area (Å²) in [6.07, 6.45) is -4.53. The highest BCUT2D eigenvalue weighted by molar-refractivity contribution is 5.98. The smallest absolute Gasteiger partial charge is 0.346 e. The number of nitrogens with zero attached hydrogens (tertiary/aromatic N) is 1. The average Bonchev–Trinajstić information content (AvgIpc) is 2.36. The van der Waals surface area contributed by atoms with Crippen LogP contribution < -0.4 is 9.64 Å². The topological polar surface area (TPSA) is 66.8 Å². The first kappa shape index (κ1) is 12.3. The molecule has 0 spiro atoms. The number of benzene rings is 1. The SMILES string of the molecule is O=C(O)C1CN(C(=O)C(F)F)c2ccccc2O1. The van der Waals surface area contributed by atoms with Crippen LogP contribution in [0.1, 0.15) is 0 Å². The van der Waals surface area contributed by atoms with E-state index in [1.807, 2.05) is 0 Å². The molecule has 1 atom stereocenters. The minimum Gasteiger partial charge on any atom is -0.478 e. The fourth-order valence-electron chi connectivity index (χ4n) is 1.69. The summed E-state index contributed by atoms with van der Waals surface area (Å²) in [6, 6.07) is 5.97. The highest BCUT2D eigenvalue weighted by atomic mass is 19.3. The lowest BCUT2D eigenvalue weighted by Gasteiger charge is -2.32. The van der Waals surface area contributed by atoms with E-state index in [0.29, 0.717) is 0 Å². The Morgan fingerprint density at radius 2 is 2.06 bits per heavy atom. The maximum atomic E-state index is 12.5. The van der Waals surface area contributed by atoms with Gasteiger partial charge in [0.1, 0.15) is 5.75 Å². The molecule has 1 amide bonds. The largest absolute Gasteiger partial charge is 0.478 e. The minimum atomic E-state index is -3.19. The summed E-state index contributed by atoms with van der Waals surface area (Å²) in [4.78, 5) is 22.9. The molecular formula is C11H9F2NO4. The number of aliphatic carboxylic acids is 1. The van der Waals surface area contributed by atoms with Crippen LogP contribution in [0.5, 0.6) is 5.75 Å². The molecule has 1 unspecified atom stereocenters. The molecule has 0 radical (unpaired) electrons. The molecule has 96 valence electrons. The van der Waals surface area contributed by atoms with Crippen LogP contribution >= 0.6 is 0 Å². The zero-order valence-electron chi connectivity index (χ0n) is 9.05. The Balaban J connectivity index is 2.39. The third kappa shape index (κ3) is 2.11. The van der Waals surface area contributed by atoms with Gasteiger partial charge in [0.2, 0.25) is 6.10 Å². The molecule has 0 aliphatic carbocycles. The first-order valence-corrected chi connectivity index (χ1v) is 5.08. The molecule has 0 saturated heterocycles. The summed E-state index contributed by atoms with van der Waals surface area (Å²) in [5.74, 6) is -2.64. The number of amides is 1. The molecule has 1 N–H and O–H groups in total. The Morgan fingerprint density at radius 3 is 2.67 bits per heavy atom. The van der Waals surface area contributed by atoms with Gasteiger partial charge in [0, 0.05) is 0 Å². The Morgan fingerprint density at radius 1 is 1.39 bits per heavy atom. The molecule has 0 fully saturated rings. The van der Waals surface area contributed by atoms with E-state index < -0.39 is 31.0 Å². The van der Waals surface area contributed by atoms with Crippen molar-refractivity contribution in [3.8, 4) is 5.75 Å². The molecule has 1 aliphatic heterocycles. The molecule has 2 rings (SSSR count). The molecular weight excluding hydrogens is 248 g/mol. The number of hydrogen-bond donors (Lipinski definition) is 1. The molecule has 0 saturated carbocycles. The summed E-state index contributed by atoms with van der Waals surface area (Å²) in [7, 11) is 0. The van der Waals surface area contributed by atoms with Gasteiger partial charge in [0.05, 0.1) is 12.2 Å². The number of ether oxygens (including phenoxy) is 1. The van der Waals surface area contributed by atoms with Gasteiger partial charge in [0.15, 0.2) is 0 Å². The molecule has 18 heavy (non-hydrogen) atoms. The van der Waals surface area contributed by atoms with Gasteiger partial charge in [-0.15, -0.1) is 0 Å². The van der Waals surface area contributed by atoms with Crippen molar-refractivity contribution in [2.75, 3.05) is 11.4 Å². The number of carboxylic acids is 1. The van der Waals surface area contributed by atoms with Crippen molar-refractivity contribution in [1.29, 1.82) is 0 Å². The lowest BCUT2D eigenvalue weighted by Crippen LogP contribution is -2.48. The van der Waals surface area contributed by atoms with Crippen molar-refractivity contribution in [2.24, 2.45) is 0 Å². The van der Waals surface area contributed by atoms with E-state index in [0.717, 1.165) is 4.90 Å². The fraction of sp³-hybridized carbons (Fsp3) is 0.273. The second-order valence-electron chi connectivity index (χ2n) is 3.66. The van der Waals surface area contributed by atoms with Crippen molar-refractivity contribution in [2.45, 2.75) is 12.5 Å². The summed E-state index contributed by atoms with van der Waals surface area (Å²) >= 11 is 0. The molecule has 1 aromatic rings. The van der Waals surface area contributed by atoms with Crippen LogP contribution in [0, 0.1) is 0 Å². The van der Waals surface area contributed by atoms with Gasteiger partial charge in [-0.25, -0.2) is 4.79 Å². The van der Waals surface area contributed by atoms with Gasteiger partial charge >= 0.3 is 12.4 Å². The number of carboxylic acid groups (broad SMARTS) is 1. The summed E-state index contributed by atoms with van der Waals surface area (Å²) < 4.78 is 30.0. The van der Waals surface area contributed by atoms with Crippen LogP contribution in [0.25, 0.3) is 0 Å². The Kier molecular flexibility index (Phi) is 3.14. The molecule has 0 bridgehead atoms. The maximum Gasteiger partial charge on any atom is 0.346 e. The van der Waals surface area contributed by atoms with E-state index in [4.69, 9.17) is 9.84 Å². The van der Waals surface area contributed by atoms with Gasteiger partial charge in [-0.3, -0.25) is 9.69 Å². The number of rotatable bonds is 2. The Hall–Kier alpha value is -2.18. The first-order chi connectivity index (χ1) is 8.50. The van der Waals surface area contributed by atoms with Crippen LogP contribution in [0.2, 0.25) is 0 Å². The number of para-hydroxylation sites is 2. The third-order valence-corrected chi connectivity index (χ3v) is 2.50. The molecule has 5 nitrogen and oxygen atoms in total. The second-order valence-corrected chi connectivity index (χ2v) is 3.66. The van der Waals surface area contributed by atoms with E-state index >= 15 is 0 Å². The van der Waals surface area contributed by atoms with Crippen LogP contribution in [-0.4, -0.2) is 36.1 Å². The van der Waals surface area contributed by atoms with Gasteiger partial charge in [0.25, 0.3) is 5.91 Å². The van der Waals surface area contributed by atoms with Crippen LogP contribution in [-0.2, 0) is 9.59 Å². The normalized spacial score (nSPS) is 18.2. The number of carbonyl (C=O) groups is 2.